The van der Waals surface area contributed by atoms with Crippen molar-refractivity contribution in [3.63, 3.8) is 0 Å². The molecular formula is C16H32N2O2. The molecule has 0 aromatic rings. The van der Waals surface area contributed by atoms with Crippen LogP contribution in [0.1, 0.15) is 54.4 Å². The lowest BCUT2D eigenvalue weighted by Crippen LogP contribution is -2.47. The number of carbonyl (C=O) groups is 1. The van der Waals surface area contributed by atoms with Crippen LogP contribution in [0.25, 0.3) is 0 Å². The Morgan fingerprint density at radius 3 is 2.25 bits per heavy atom. The van der Waals surface area contributed by atoms with Gasteiger partial charge in [-0.1, -0.05) is 13.8 Å². The van der Waals surface area contributed by atoms with Crippen LogP contribution in [0.5, 0.6) is 0 Å². The fourth-order valence-electron chi connectivity index (χ4n) is 2.32. The molecule has 1 heterocycles. The van der Waals surface area contributed by atoms with E-state index in [0.717, 1.165) is 25.9 Å². The molecule has 0 bridgehead atoms. The number of piperidine rings is 1. The molecule has 20 heavy (non-hydrogen) atoms. The second kappa shape index (κ2) is 7.41. The van der Waals surface area contributed by atoms with Gasteiger partial charge in [-0.25, -0.2) is 0 Å². The summed E-state index contributed by atoms with van der Waals surface area (Å²) >= 11 is 0. The molecule has 4 nitrogen and oxygen atoms in total. The molecule has 4 heteroatoms. The maximum Gasteiger partial charge on any atom is 0.236 e. The molecule has 1 fully saturated rings. The second-order valence-corrected chi connectivity index (χ2v) is 7.22. The molecule has 1 N–H and O–H groups in total. The quantitative estimate of drug-likeness (QED) is 0.843. The van der Waals surface area contributed by atoms with E-state index >= 15 is 0 Å². The molecule has 1 saturated heterocycles. The van der Waals surface area contributed by atoms with Crippen LogP contribution in [0.3, 0.4) is 0 Å². The molecular weight excluding hydrogens is 252 g/mol. The lowest BCUT2D eigenvalue weighted by molar-refractivity contribution is -0.135. The van der Waals surface area contributed by atoms with Gasteiger partial charge < -0.3 is 15.0 Å². The standard InChI is InChI=1S/C16H32N2O2/c1-12(2)13(3)17-11-15(19)18-9-7-14(8-10-18)20-16(4,5)6/h12-14,17H,7-11H2,1-6H3/t13-/m1/s1. The number of carbonyl (C=O) groups excluding carboxylic acids is 1. The molecule has 0 unspecified atom stereocenters. The van der Waals surface area contributed by atoms with E-state index in [1.54, 1.807) is 0 Å². The van der Waals surface area contributed by atoms with Gasteiger partial charge in [0.2, 0.25) is 5.91 Å². The molecule has 1 aliphatic heterocycles. The molecule has 0 aliphatic carbocycles. The maximum atomic E-state index is 12.1. The number of nitrogens with one attached hydrogen (secondary N) is 1. The third kappa shape index (κ3) is 6.23. The Kier molecular flexibility index (Phi) is 6.46. The van der Waals surface area contributed by atoms with Gasteiger partial charge in [0, 0.05) is 19.1 Å². The molecule has 0 aromatic carbocycles. The van der Waals surface area contributed by atoms with E-state index in [0.29, 0.717) is 24.6 Å². The number of amides is 1. The minimum atomic E-state index is -0.0922. The molecule has 118 valence electrons. The van der Waals surface area contributed by atoms with E-state index in [1.165, 1.54) is 0 Å². The average molecular weight is 284 g/mol. The summed E-state index contributed by atoms with van der Waals surface area (Å²) in [6, 6.07) is 0.376. The van der Waals surface area contributed by atoms with Gasteiger partial charge in [0.25, 0.3) is 0 Å². The first-order chi connectivity index (χ1) is 9.19. The summed E-state index contributed by atoms with van der Waals surface area (Å²) in [4.78, 5) is 14.1. The van der Waals surface area contributed by atoms with Gasteiger partial charge >= 0.3 is 0 Å². The minimum absolute atomic E-state index is 0.0922. The van der Waals surface area contributed by atoms with Gasteiger partial charge in [0.05, 0.1) is 18.2 Å². The summed E-state index contributed by atoms with van der Waals surface area (Å²) in [5.74, 6) is 0.764. The molecule has 0 aromatic heterocycles. The zero-order valence-electron chi connectivity index (χ0n) is 14.0. The first-order valence-electron chi connectivity index (χ1n) is 7.88. The third-order valence-electron chi connectivity index (χ3n) is 3.89. The Balaban J connectivity index is 2.29. The van der Waals surface area contributed by atoms with Gasteiger partial charge in [-0.2, -0.15) is 0 Å². The Bertz CT molecular complexity index is 302. The smallest absolute Gasteiger partial charge is 0.236 e. The van der Waals surface area contributed by atoms with Crippen molar-refractivity contribution in [1.29, 1.82) is 0 Å². The van der Waals surface area contributed by atoms with Crippen molar-refractivity contribution >= 4 is 5.91 Å². The van der Waals surface area contributed by atoms with E-state index in [2.05, 4.69) is 46.9 Å². The highest BCUT2D eigenvalue weighted by Crippen LogP contribution is 2.20. The van der Waals surface area contributed by atoms with Gasteiger partial charge in [0.15, 0.2) is 0 Å². The van der Waals surface area contributed by atoms with Crippen molar-refractivity contribution in [3.05, 3.63) is 0 Å². The number of likely N-dealkylation sites (tertiary alicyclic amines) is 1. The summed E-state index contributed by atoms with van der Waals surface area (Å²) in [7, 11) is 0. The van der Waals surface area contributed by atoms with Gasteiger partial charge in [-0.3, -0.25) is 4.79 Å². The third-order valence-corrected chi connectivity index (χ3v) is 3.89. The summed E-state index contributed by atoms with van der Waals surface area (Å²) in [5, 5.41) is 3.31. The number of ether oxygens (including phenoxy) is 1. The normalized spacial score (nSPS) is 19.4. The summed E-state index contributed by atoms with van der Waals surface area (Å²) in [6.45, 7) is 14.8. The largest absolute Gasteiger partial charge is 0.372 e. The molecule has 1 rings (SSSR count). The van der Waals surface area contributed by atoms with Crippen LogP contribution in [0, 0.1) is 5.92 Å². The lowest BCUT2D eigenvalue weighted by atomic mass is 10.1. The Hall–Kier alpha value is -0.610. The summed E-state index contributed by atoms with van der Waals surface area (Å²) in [5.41, 5.74) is -0.0922. The highest BCUT2D eigenvalue weighted by molar-refractivity contribution is 5.78. The average Bonchev–Trinajstić information content (AvgIpc) is 2.34. The monoisotopic (exact) mass is 284 g/mol. The molecule has 0 spiro atoms. The van der Waals surface area contributed by atoms with Crippen LogP contribution in [0.2, 0.25) is 0 Å². The fourth-order valence-corrected chi connectivity index (χ4v) is 2.32. The van der Waals surface area contributed by atoms with E-state index in [4.69, 9.17) is 4.74 Å². The van der Waals surface area contributed by atoms with Crippen molar-refractivity contribution in [2.75, 3.05) is 19.6 Å². The van der Waals surface area contributed by atoms with Crippen molar-refractivity contribution in [2.24, 2.45) is 5.92 Å². The van der Waals surface area contributed by atoms with E-state index in [-0.39, 0.29) is 11.5 Å². The number of hydrogen-bond acceptors (Lipinski definition) is 3. The number of hydrogen-bond donors (Lipinski definition) is 1. The number of nitrogens with zero attached hydrogens (tertiary/aromatic N) is 1. The highest BCUT2D eigenvalue weighted by Gasteiger charge is 2.26. The first-order valence-corrected chi connectivity index (χ1v) is 7.88. The molecule has 1 aliphatic rings. The summed E-state index contributed by atoms with van der Waals surface area (Å²) < 4.78 is 5.98. The Labute approximate surface area is 124 Å². The van der Waals surface area contributed by atoms with Crippen LogP contribution in [0.15, 0.2) is 0 Å². The second-order valence-electron chi connectivity index (χ2n) is 7.22. The van der Waals surface area contributed by atoms with Gasteiger partial charge in [-0.15, -0.1) is 0 Å². The highest BCUT2D eigenvalue weighted by atomic mass is 16.5. The first kappa shape index (κ1) is 17.4. The van der Waals surface area contributed by atoms with Crippen LogP contribution >= 0.6 is 0 Å². The van der Waals surface area contributed by atoms with E-state index in [9.17, 15) is 4.79 Å². The van der Waals surface area contributed by atoms with Gasteiger partial charge in [0.1, 0.15) is 0 Å². The van der Waals surface area contributed by atoms with Crippen molar-refractivity contribution in [2.45, 2.75) is 72.1 Å². The predicted octanol–water partition coefficient (Wildman–Crippen LogP) is 2.43. The zero-order chi connectivity index (χ0) is 15.3. The topological polar surface area (TPSA) is 41.6 Å². The van der Waals surface area contributed by atoms with Crippen molar-refractivity contribution in [1.82, 2.24) is 10.2 Å². The summed E-state index contributed by atoms with van der Waals surface area (Å²) in [6.07, 6.45) is 2.19. The lowest BCUT2D eigenvalue weighted by Gasteiger charge is -2.35. The van der Waals surface area contributed by atoms with Crippen LogP contribution in [-0.4, -0.2) is 48.2 Å². The Morgan fingerprint density at radius 2 is 1.80 bits per heavy atom. The maximum absolute atomic E-state index is 12.1. The SMILES string of the molecule is CC(C)[C@@H](C)NCC(=O)N1CCC(OC(C)(C)C)CC1. The fraction of sp³-hybridized carbons (Fsp3) is 0.938. The van der Waals surface area contributed by atoms with Crippen LogP contribution in [0.4, 0.5) is 0 Å². The predicted molar refractivity (Wildman–Crippen MR) is 82.7 cm³/mol. The number of rotatable bonds is 5. The van der Waals surface area contributed by atoms with E-state index in [1.807, 2.05) is 4.90 Å². The Morgan fingerprint density at radius 1 is 1.25 bits per heavy atom. The molecule has 0 radical (unpaired) electrons. The zero-order valence-corrected chi connectivity index (χ0v) is 14.0. The molecule has 1 atom stereocenters. The molecule has 0 saturated carbocycles. The van der Waals surface area contributed by atoms with Crippen molar-refractivity contribution < 1.29 is 9.53 Å². The van der Waals surface area contributed by atoms with Crippen LogP contribution in [-0.2, 0) is 9.53 Å². The van der Waals surface area contributed by atoms with Crippen molar-refractivity contribution in [3.8, 4) is 0 Å². The minimum Gasteiger partial charge on any atom is -0.372 e. The van der Waals surface area contributed by atoms with Crippen LogP contribution < -0.4 is 5.32 Å². The molecule has 1 amide bonds. The van der Waals surface area contributed by atoms with Gasteiger partial charge in [-0.05, 0) is 46.5 Å². The van der Waals surface area contributed by atoms with E-state index < -0.39 is 0 Å².